The van der Waals surface area contributed by atoms with Crippen molar-refractivity contribution in [3.8, 4) is 0 Å². The summed E-state index contributed by atoms with van der Waals surface area (Å²) in [5, 5.41) is 8.42. The van der Waals surface area contributed by atoms with Crippen LogP contribution in [0.25, 0.3) is 0 Å². The van der Waals surface area contributed by atoms with Gasteiger partial charge in [-0.15, -0.1) is 5.10 Å². The van der Waals surface area contributed by atoms with Gasteiger partial charge in [-0.1, -0.05) is 68.1 Å². The van der Waals surface area contributed by atoms with Gasteiger partial charge in [-0.05, 0) is 42.5 Å². The van der Waals surface area contributed by atoms with Crippen LogP contribution in [-0.4, -0.2) is 20.5 Å². The average Bonchev–Trinajstić information content (AvgIpc) is 3.14. The smallest absolute Gasteiger partial charge is 0.227 e. The molecule has 1 N–H and O–H groups in total. The minimum Gasteiger partial charge on any atom is -0.328 e. The number of carbonyl (C=O) groups excluding carboxylic acids is 1. The van der Waals surface area contributed by atoms with Crippen molar-refractivity contribution in [1.82, 2.24) is 14.8 Å². The molecule has 7 heteroatoms. The molecule has 160 valence electrons. The van der Waals surface area contributed by atoms with Crippen molar-refractivity contribution >= 4 is 23.5 Å². The van der Waals surface area contributed by atoms with Crippen molar-refractivity contribution in [2.24, 2.45) is 0 Å². The number of nitrogens with one attached hydrogen (secondary N) is 1. The van der Waals surface area contributed by atoms with Gasteiger partial charge in [-0.25, -0.2) is 9.07 Å². The Balaban J connectivity index is 1.69. The lowest BCUT2D eigenvalue weighted by Gasteiger charge is -2.28. The summed E-state index contributed by atoms with van der Waals surface area (Å²) in [5.74, 6) is 1.18. The number of hydrogen-bond donors (Lipinski definition) is 1. The number of fused-ring (bicyclic) bond motifs is 1. The monoisotopic (exact) mass is 436 g/mol. The number of rotatable bonds is 6. The molecular formula is C24H25FN4OS. The van der Waals surface area contributed by atoms with Crippen molar-refractivity contribution in [3.05, 3.63) is 82.3 Å². The maximum absolute atomic E-state index is 14.0. The maximum atomic E-state index is 14.0. The molecule has 0 amide bonds. The van der Waals surface area contributed by atoms with Gasteiger partial charge < -0.3 is 5.32 Å². The van der Waals surface area contributed by atoms with E-state index < -0.39 is 0 Å². The predicted octanol–water partition coefficient (Wildman–Crippen LogP) is 5.71. The van der Waals surface area contributed by atoms with Gasteiger partial charge in [-0.3, -0.25) is 4.79 Å². The number of thioether (sulfide) groups is 1. The van der Waals surface area contributed by atoms with Gasteiger partial charge in [0.1, 0.15) is 11.9 Å². The lowest BCUT2D eigenvalue weighted by Crippen LogP contribution is -2.27. The number of nitrogens with zero attached hydrogens (tertiary/aromatic N) is 3. The first-order valence-corrected chi connectivity index (χ1v) is 11.2. The molecule has 1 aliphatic rings. The van der Waals surface area contributed by atoms with Crippen LogP contribution in [0.1, 0.15) is 56.3 Å². The molecule has 1 atom stereocenters. The van der Waals surface area contributed by atoms with Gasteiger partial charge >= 0.3 is 0 Å². The van der Waals surface area contributed by atoms with Gasteiger partial charge in [0.25, 0.3) is 0 Å². The topological polar surface area (TPSA) is 59.8 Å². The molecule has 2 aromatic carbocycles. The van der Waals surface area contributed by atoms with E-state index in [1.165, 1.54) is 23.4 Å². The molecule has 1 aromatic heterocycles. The highest BCUT2D eigenvalue weighted by Crippen LogP contribution is 2.37. The van der Waals surface area contributed by atoms with Gasteiger partial charge in [-0.2, -0.15) is 4.98 Å². The van der Waals surface area contributed by atoms with Gasteiger partial charge in [0.2, 0.25) is 11.1 Å². The SMILES string of the molecule is CC(=O)C1=C(C)Nc2nc(SCc3ccccc3F)nn2C1c1ccc(C(C)C)cc1. The number of Topliss-reactive ketones (excluding diaryl/α,β-unsaturated/α-hetero) is 1. The molecule has 0 saturated carbocycles. The largest absolute Gasteiger partial charge is 0.328 e. The Morgan fingerprint density at radius 2 is 1.90 bits per heavy atom. The third-order valence-electron chi connectivity index (χ3n) is 5.45. The fourth-order valence-corrected chi connectivity index (χ4v) is 4.59. The summed E-state index contributed by atoms with van der Waals surface area (Å²) in [6.45, 7) is 7.76. The van der Waals surface area contributed by atoms with E-state index in [1.54, 1.807) is 23.7 Å². The molecule has 0 radical (unpaired) electrons. The molecule has 1 unspecified atom stereocenters. The number of allylic oxidation sites excluding steroid dienone is 2. The highest BCUT2D eigenvalue weighted by molar-refractivity contribution is 7.98. The third-order valence-corrected chi connectivity index (χ3v) is 6.33. The Bertz CT molecular complexity index is 1150. The summed E-state index contributed by atoms with van der Waals surface area (Å²) >= 11 is 1.37. The summed E-state index contributed by atoms with van der Waals surface area (Å²) < 4.78 is 15.7. The molecule has 1 aliphatic heterocycles. The van der Waals surface area contributed by atoms with E-state index >= 15 is 0 Å². The molecule has 0 saturated heterocycles. The van der Waals surface area contributed by atoms with Crippen LogP contribution < -0.4 is 5.32 Å². The molecule has 0 bridgehead atoms. The van der Waals surface area contributed by atoms with Crippen LogP contribution in [0, 0.1) is 5.82 Å². The fraction of sp³-hybridized carbons (Fsp3) is 0.292. The second kappa shape index (κ2) is 8.67. The Morgan fingerprint density at radius 3 is 2.55 bits per heavy atom. The van der Waals surface area contributed by atoms with Crippen LogP contribution in [0.2, 0.25) is 0 Å². The molecule has 3 aromatic rings. The van der Waals surface area contributed by atoms with Gasteiger partial charge in [0.05, 0.1) is 0 Å². The van der Waals surface area contributed by atoms with Crippen LogP contribution in [-0.2, 0) is 10.5 Å². The van der Waals surface area contributed by atoms with Crippen molar-refractivity contribution in [2.45, 2.75) is 50.6 Å². The first-order chi connectivity index (χ1) is 14.8. The number of ketones is 1. The zero-order valence-corrected chi connectivity index (χ0v) is 18.8. The number of anilines is 1. The Kier molecular flexibility index (Phi) is 5.96. The highest BCUT2D eigenvalue weighted by atomic mass is 32.2. The summed E-state index contributed by atoms with van der Waals surface area (Å²) in [6.07, 6.45) is 0. The van der Waals surface area contributed by atoms with E-state index in [4.69, 9.17) is 0 Å². The summed E-state index contributed by atoms with van der Waals surface area (Å²) in [6, 6.07) is 14.6. The standard InChI is InChI=1S/C24H25FN4OS/c1-14(2)17-9-11-18(12-10-17)22-21(16(4)30)15(3)26-23-27-24(28-29(22)23)31-13-19-7-5-6-8-20(19)25/h5-12,14,22H,13H2,1-4H3,(H,26,27,28). The molecule has 2 heterocycles. The van der Waals surface area contributed by atoms with Gasteiger partial charge in [0, 0.05) is 17.0 Å². The second-order valence-corrected chi connectivity index (χ2v) is 8.93. The van der Waals surface area contributed by atoms with Gasteiger partial charge in [0.15, 0.2) is 5.78 Å². The van der Waals surface area contributed by atoms with Crippen LogP contribution in [0.4, 0.5) is 10.3 Å². The first kappa shape index (κ1) is 21.3. The van der Waals surface area contributed by atoms with Crippen molar-refractivity contribution in [3.63, 3.8) is 0 Å². The highest BCUT2D eigenvalue weighted by Gasteiger charge is 2.32. The van der Waals surface area contributed by atoms with Crippen molar-refractivity contribution in [2.75, 3.05) is 5.32 Å². The predicted molar refractivity (Wildman–Crippen MR) is 122 cm³/mol. The Labute approximate surface area is 185 Å². The summed E-state index contributed by atoms with van der Waals surface area (Å²) in [7, 11) is 0. The molecule has 0 spiro atoms. The zero-order valence-electron chi connectivity index (χ0n) is 18.0. The molecule has 0 fully saturated rings. The molecule has 4 rings (SSSR count). The Hall–Kier alpha value is -2.93. The van der Waals surface area contributed by atoms with Crippen LogP contribution >= 0.6 is 11.8 Å². The summed E-state index contributed by atoms with van der Waals surface area (Å²) in [5.41, 5.74) is 4.26. The van der Waals surface area contributed by atoms with E-state index in [1.807, 2.05) is 13.0 Å². The average molecular weight is 437 g/mol. The molecule has 31 heavy (non-hydrogen) atoms. The van der Waals surface area contributed by atoms with E-state index in [2.05, 4.69) is 53.5 Å². The lowest BCUT2D eigenvalue weighted by molar-refractivity contribution is -0.114. The quantitative estimate of drug-likeness (QED) is 0.502. The normalized spacial score (nSPS) is 15.7. The third kappa shape index (κ3) is 4.28. The minimum atomic E-state index is -0.356. The number of aromatic nitrogens is 3. The number of hydrogen-bond acceptors (Lipinski definition) is 5. The summed E-state index contributed by atoms with van der Waals surface area (Å²) in [4.78, 5) is 17.1. The number of benzene rings is 2. The van der Waals surface area contributed by atoms with Crippen molar-refractivity contribution < 1.29 is 9.18 Å². The lowest BCUT2D eigenvalue weighted by atomic mass is 9.91. The molecule has 5 nitrogen and oxygen atoms in total. The molecular weight excluding hydrogens is 411 g/mol. The van der Waals surface area contributed by atoms with E-state index in [9.17, 15) is 9.18 Å². The Morgan fingerprint density at radius 1 is 1.19 bits per heavy atom. The van der Waals surface area contributed by atoms with Crippen LogP contribution in [0.15, 0.2) is 65.0 Å². The van der Waals surface area contributed by atoms with Crippen molar-refractivity contribution in [1.29, 1.82) is 0 Å². The molecule has 0 aliphatic carbocycles. The maximum Gasteiger partial charge on any atom is 0.227 e. The minimum absolute atomic E-state index is 0.00959. The first-order valence-electron chi connectivity index (χ1n) is 10.3. The van der Waals surface area contributed by atoms with E-state index in [0.29, 0.717) is 33.9 Å². The number of halogens is 1. The van der Waals surface area contributed by atoms with E-state index in [-0.39, 0.29) is 17.6 Å². The number of carbonyl (C=O) groups is 1. The second-order valence-electron chi connectivity index (χ2n) is 7.99. The van der Waals surface area contributed by atoms with E-state index in [0.717, 1.165) is 11.3 Å². The van der Waals surface area contributed by atoms with Crippen LogP contribution in [0.5, 0.6) is 0 Å². The van der Waals surface area contributed by atoms with Crippen LogP contribution in [0.3, 0.4) is 0 Å². The zero-order chi connectivity index (χ0) is 22.1. The fourth-order valence-electron chi connectivity index (χ4n) is 3.78.